The second-order valence-corrected chi connectivity index (χ2v) is 30.2. The molecule has 1 nitrogen and oxygen atoms in total. The van der Waals surface area contributed by atoms with Crippen molar-refractivity contribution in [1.82, 2.24) is 4.98 Å². The molecule has 0 atom stereocenters. The topological polar surface area (TPSA) is 15.8 Å². The molecule has 1 aromatic rings. The van der Waals surface area contributed by atoms with Crippen LogP contribution in [0.4, 0.5) is 0 Å². The first-order valence-electron chi connectivity index (χ1n) is 2.25. The van der Waals surface area contributed by atoms with Gasteiger partial charge in [0, 0.05) is 0 Å². The minimum atomic E-state index is -1.87. The summed E-state index contributed by atoms with van der Waals surface area (Å²) in [6.07, 6.45) is 1.95. The number of aromatic amines is 1. The Hall–Kier alpha value is 0.889. The van der Waals surface area contributed by atoms with Crippen LogP contribution in [0, 0.1) is 0 Å². The molecule has 0 saturated carbocycles. The molecule has 1 rings (SSSR count). The maximum absolute atomic E-state index is 3.64. The fourth-order valence-electron chi connectivity index (χ4n) is 0.482. The van der Waals surface area contributed by atoms with Crippen molar-refractivity contribution in [3.05, 3.63) is 18.3 Å². The number of nitrogens with one attached hydrogen (secondary N) is 1. The van der Waals surface area contributed by atoms with Gasteiger partial charge in [0.05, 0.1) is 0 Å². The Labute approximate surface area is 70.7 Å². The van der Waals surface area contributed by atoms with E-state index in [-0.39, 0.29) is 0 Å². The summed E-state index contributed by atoms with van der Waals surface area (Å²) >= 11 is 5.41. The van der Waals surface area contributed by atoms with E-state index in [0.717, 1.165) is 0 Å². The van der Waals surface area contributed by atoms with Crippen molar-refractivity contribution in [2.24, 2.45) is 0 Å². The third kappa shape index (κ3) is 2.19. The Bertz CT molecular complexity index is 177. The molecule has 0 radical (unpaired) electrons. The van der Waals surface area contributed by atoms with Gasteiger partial charge in [0.2, 0.25) is 0 Å². The van der Waals surface area contributed by atoms with Gasteiger partial charge in [-0.15, -0.1) is 0 Å². The summed E-state index contributed by atoms with van der Waals surface area (Å²) in [5, 5.41) is 0. The number of H-pyrrole nitrogens is 1. The number of aromatic nitrogens is 1. The molecule has 0 aliphatic heterocycles. The Morgan fingerprint density at radius 3 is 2.44 bits per heavy atom. The van der Waals surface area contributed by atoms with E-state index in [2.05, 4.69) is 43.5 Å². The molecule has 1 heterocycles. The summed E-state index contributed by atoms with van der Waals surface area (Å²) in [5.41, 5.74) is 2.21. The summed E-state index contributed by atoms with van der Waals surface area (Å²) in [7, 11) is 0. The van der Waals surface area contributed by atoms with Crippen molar-refractivity contribution in [1.29, 1.82) is 0 Å². The van der Waals surface area contributed by atoms with Crippen LogP contribution in [-0.4, -0.2) is 4.98 Å². The van der Waals surface area contributed by atoms with Gasteiger partial charge in [-0.05, 0) is 0 Å². The van der Waals surface area contributed by atoms with Crippen LogP contribution in [0.3, 0.4) is 0 Å². The summed E-state index contributed by atoms with van der Waals surface area (Å²) in [4.78, 5) is 3.17. The van der Waals surface area contributed by atoms with Gasteiger partial charge in [-0.3, -0.25) is 0 Å². The van der Waals surface area contributed by atoms with Crippen LogP contribution in [0.1, 0.15) is 0 Å². The zero-order valence-electron chi connectivity index (χ0n) is 4.82. The molecule has 0 saturated heterocycles. The molecule has 0 aromatic carbocycles. The molecule has 0 bridgehead atoms. The van der Waals surface area contributed by atoms with Crippen molar-refractivity contribution in [2.75, 3.05) is 0 Å². The fourth-order valence-corrected chi connectivity index (χ4v) is 4.91. The monoisotopic (exact) mass is 432 g/mol. The maximum atomic E-state index is 3.64. The van der Waals surface area contributed by atoms with Gasteiger partial charge in [0.1, 0.15) is 0 Å². The van der Waals surface area contributed by atoms with Crippen LogP contribution in [-0.2, 0) is 11.3 Å². The first-order chi connectivity index (χ1) is 4.11. The summed E-state index contributed by atoms with van der Waals surface area (Å²) in [5.74, 6) is 0. The van der Waals surface area contributed by atoms with Crippen LogP contribution < -0.4 is 4.21 Å². The Kier molecular flexibility index (Phi) is 2.55. The van der Waals surface area contributed by atoms with Crippen LogP contribution in [0.5, 0.6) is 0 Å². The zero-order chi connectivity index (χ0) is 6.91. The van der Waals surface area contributed by atoms with E-state index >= 15 is 0 Å². The average Bonchev–Trinajstić information content (AvgIpc) is 2.08. The molecular formula is C5H7Br2IrN. The number of hydrogen-bond acceptors (Lipinski definition) is 0. The number of rotatable bonds is 1. The van der Waals surface area contributed by atoms with Crippen molar-refractivity contribution < 1.29 is 11.3 Å². The van der Waals surface area contributed by atoms with Gasteiger partial charge in [-0.2, -0.15) is 0 Å². The van der Waals surface area contributed by atoms with Gasteiger partial charge in [0.15, 0.2) is 0 Å². The predicted molar refractivity (Wildman–Crippen MR) is 44.1 cm³/mol. The Morgan fingerprint density at radius 2 is 2.22 bits per heavy atom. The average molecular weight is 433 g/mol. The zero-order valence-corrected chi connectivity index (χ0v) is 10.4. The molecule has 0 spiro atoms. The molecular weight excluding hydrogens is 426 g/mol. The van der Waals surface area contributed by atoms with E-state index in [1.807, 2.05) is 12.3 Å². The molecule has 4 heteroatoms. The van der Waals surface area contributed by atoms with E-state index in [1.165, 1.54) is 4.21 Å². The molecule has 9 heavy (non-hydrogen) atoms. The second kappa shape index (κ2) is 2.87. The van der Waals surface area contributed by atoms with E-state index in [1.54, 1.807) is 0 Å². The van der Waals surface area contributed by atoms with Crippen molar-refractivity contribution in [3.8, 4) is 0 Å². The van der Waals surface area contributed by atoms with Crippen molar-refractivity contribution in [2.45, 2.75) is 5.44 Å². The van der Waals surface area contributed by atoms with Crippen molar-refractivity contribution in [3.63, 3.8) is 0 Å². The fraction of sp³-hybridized carbons (Fsp3) is 0.200. The third-order valence-electron chi connectivity index (χ3n) is 0.861. The summed E-state index contributed by atoms with van der Waals surface area (Å²) < 4.78 is 1.31. The predicted octanol–water partition coefficient (Wildman–Crippen LogP) is 2.46. The van der Waals surface area contributed by atoms with Crippen LogP contribution >= 0.6 is 27.0 Å². The van der Waals surface area contributed by atoms with Crippen LogP contribution in [0.2, 0.25) is 5.44 Å². The standard InChI is InChI=1S/C4H4N.CH3.2BrH.Ir/c1-2-4-5-3-1;;;;/h1-3,5H;1H3;2*1H;/q;;;;+2/p-2. The Morgan fingerprint density at radius 1 is 1.56 bits per heavy atom. The normalized spacial score (nSPS) is 13.7. The van der Waals surface area contributed by atoms with Gasteiger partial charge >= 0.3 is 71.2 Å². The first kappa shape index (κ1) is 7.99. The van der Waals surface area contributed by atoms with E-state index < -0.39 is 11.3 Å². The second-order valence-electron chi connectivity index (χ2n) is 1.59. The number of halogens is 2. The third-order valence-corrected chi connectivity index (χ3v) is 8.53. The Balaban J connectivity index is 2.90. The first-order valence-corrected chi connectivity index (χ1v) is 16.3. The molecule has 1 N–H and O–H groups in total. The number of hydrogen-bond donors (Lipinski definition) is 1. The molecule has 0 fully saturated rings. The molecule has 0 aliphatic rings. The quantitative estimate of drug-likeness (QED) is 0.701. The summed E-state index contributed by atoms with van der Waals surface area (Å²) in [6.45, 7) is 0. The van der Waals surface area contributed by atoms with Crippen LogP contribution in [0.15, 0.2) is 18.3 Å². The summed E-state index contributed by atoms with van der Waals surface area (Å²) in [6, 6.07) is 4.12. The van der Waals surface area contributed by atoms with Crippen LogP contribution in [0.25, 0.3) is 0 Å². The minimum absolute atomic E-state index is 1.31. The molecule has 1 aromatic heterocycles. The SMILES string of the molecule is [CH3][Ir]([Br])([Br])[c]1ccc[nH]1. The van der Waals surface area contributed by atoms with Gasteiger partial charge < -0.3 is 0 Å². The van der Waals surface area contributed by atoms with Gasteiger partial charge in [-0.25, -0.2) is 0 Å². The molecule has 0 amide bonds. The van der Waals surface area contributed by atoms with Crippen molar-refractivity contribution >= 4 is 31.2 Å². The van der Waals surface area contributed by atoms with Gasteiger partial charge in [-0.1, -0.05) is 0 Å². The van der Waals surface area contributed by atoms with E-state index in [4.69, 9.17) is 0 Å². The molecule has 0 aliphatic carbocycles. The molecule has 55 valence electrons. The molecule has 0 unspecified atom stereocenters. The van der Waals surface area contributed by atoms with Gasteiger partial charge in [0.25, 0.3) is 0 Å². The van der Waals surface area contributed by atoms with E-state index in [0.29, 0.717) is 0 Å². The van der Waals surface area contributed by atoms with E-state index in [9.17, 15) is 0 Å².